The van der Waals surface area contributed by atoms with E-state index in [2.05, 4.69) is 19.6 Å². The second-order valence-electron chi connectivity index (χ2n) is 3.90. The summed E-state index contributed by atoms with van der Waals surface area (Å²) in [4.78, 5) is 1.02. The van der Waals surface area contributed by atoms with E-state index in [9.17, 15) is 4.39 Å². The van der Waals surface area contributed by atoms with Crippen LogP contribution in [-0.2, 0) is 0 Å². The molecule has 15 heavy (non-hydrogen) atoms. The molecule has 0 aromatic heterocycles. The fourth-order valence-electron chi connectivity index (χ4n) is 0.545. The highest BCUT2D eigenvalue weighted by Gasteiger charge is 2.01. The first-order valence-electron chi connectivity index (χ1n) is 5.23. The van der Waals surface area contributed by atoms with Crippen molar-refractivity contribution in [3.05, 3.63) is 29.8 Å². The third kappa shape index (κ3) is 19.8. The van der Waals surface area contributed by atoms with Crippen molar-refractivity contribution in [1.29, 1.82) is 0 Å². The summed E-state index contributed by atoms with van der Waals surface area (Å²) in [5, 5.41) is 0. The zero-order chi connectivity index (χ0) is 12.5. The van der Waals surface area contributed by atoms with E-state index in [1.807, 2.05) is 38.1 Å². The average molecular weight is 230 g/mol. The van der Waals surface area contributed by atoms with Gasteiger partial charge in [0.2, 0.25) is 0 Å². The third-order valence-corrected chi connectivity index (χ3v) is 1.33. The van der Waals surface area contributed by atoms with Crippen molar-refractivity contribution in [3.63, 3.8) is 0 Å². The highest BCUT2D eigenvalue weighted by atomic mass is 32.1. The summed E-state index contributed by atoms with van der Waals surface area (Å²) in [6.07, 6.45) is 0. The number of halogens is 1. The van der Waals surface area contributed by atoms with Crippen LogP contribution in [-0.4, -0.2) is 5.67 Å². The van der Waals surface area contributed by atoms with Gasteiger partial charge in [-0.3, -0.25) is 0 Å². The molecule has 1 rings (SSSR count). The quantitative estimate of drug-likeness (QED) is 0.591. The molecule has 0 aliphatic carbocycles. The number of thiol groups is 1. The first-order chi connectivity index (χ1) is 6.79. The van der Waals surface area contributed by atoms with Gasteiger partial charge in [0.25, 0.3) is 0 Å². The molecule has 88 valence electrons. The summed E-state index contributed by atoms with van der Waals surface area (Å²) in [5.41, 5.74) is 0.280. The number of hydrogen-bond donors (Lipinski definition) is 1. The van der Waals surface area contributed by atoms with Crippen LogP contribution in [0.3, 0.4) is 0 Å². The molecule has 0 aliphatic rings. The normalized spacial score (nSPS) is 9.33. The van der Waals surface area contributed by atoms with E-state index in [1.165, 1.54) is 26.3 Å². The lowest BCUT2D eigenvalue weighted by molar-refractivity contribution is 0.246. The van der Waals surface area contributed by atoms with Crippen molar-refractivity contribution in [2.24, 2.45) is 0 Å². The van der Waals surface area contributed by atoms with Crippen LogP contribution in [0.15, 0.2) is 29.2 Å². The molecular formula is C13H23FS. The molecule has 0 bridgehead atoms. The molecule has 1 aromatic rings. The zero-order valence-electron chi connectivity index (χ0n) is 10.6. The Hall–Kier alpha value is -0.500. The second kappa shape index (κ2) is 8.78. The molecule has 0 heterocycles. The molecule has 2 heteroatoms. The van der Waals surface area contributed by atoms with Gasteiger partial charge in [-0.1, -0.05) is 31.5 Å². The van der Waals surface area contributed by atoms with E-state index < -0.39 is 5.67 Å². The lowest BCUT2D eigenvalue weighted by Crippen LogP contribution is -2.01. The van der Waals surface area contributed by atoms with E-state index in [-0.39, 0.29) is 0 Å². The Balaban J connectivity index is 0. The number of alkyl halides is 1. The Morgan fingerprint density at radius 3 is 1.47 bits per heavy atom. The average Bonchev–Trinajstić information content (AvgIpc) is 2.11. The molecular weight excluding hydrogens is 207 g/mol. The first-order valence-corrected chi connectivity index (χ1v) is 5.68. The minimum Gasteiger partial charge on any atom is -0.245 e. The van der Waals surface area contributed by atoms with Crippen molar-refractivity contribution in [2.45, 2.75) is 52.1 Å². The van der Waals surface area contributed by atoms with Crippen LogP contribution in [0.4, 0.5) is 4.39 Å². The molecule has 0 spiro atoms. The van der Waals surface area contributed by atoms with E-state index in [0.29, 0.717) is 0 Å². The molecule has 0 fully saturated rings. The standard InChI is InChI=1S/C7H8S.C4H9F.C2H6/c1-6-2-4-7(8)5-3-6;1-4(2,3)5;1-2/h2-5,8H,1H3;1-3H3;1-2H3. The Bertz CT molecular complexity index is 207. The van der Waals surface area contributed by atoms with Crippen LogP contribution in [0.2, 0.25) is 0 Å². The topological polar surface area (TPSA) is 0 Å². The number of benzene rings is 1. The molecule has 0 unspecified atom stereocenters. The Morgan fingerprint density at radius 2 is 1.27 bits per heavy atom. The van der Waals surface area contributed by atoms with E-state index in [1.54, 1.807) is 0 Å². The first kappa shape index (κ1) is 16.9. The van der Waals surface area contributed by atoms with E-state index in [0.717, 1.165) is 4.90 Å². The van der Waals surface area contributed by atoms with Gasteiger partial charge < -0.3 is 0 Å². The van der Waals surface area contributed by atoms with Crippen LogP contribution in [0.25, 0.3) is 0 Å². The van der Waals surface area contributed by atoms with Gasteiger partial charge in [0.1, 0.15) is 5.67 Å². The molecule has 0 saturated heterocycles. The highest BCUT2D eigenvalue weighted by molar-refractivity contribution is 7.80. The Labute approximate surface area is 99.3 Å². The largest absolute Gasteiger partial charge is 0.245 e. The van der Waals surface area contributed by atoms with Gasteiger partial charge in [0, 0.05) is 4.90 Å². The molecule has 0 amide bonds. The van der Waals surface area contributed by atoms with Crippen molar-refractivity contribution in [3.8, 4) is 0 Å². The van der Waals surface area contributed by atoms with E-state index >= 15 is 0 Å². The van der Waals surface area contributed by atoms with Gasteiger partial charge in [-0.05, 0) is 39.8 Å². The molecule has 0 aliphatic heterocycles. The maximum Gasteiger partial charge on any atom is 0.102 e. The van der Waals surface area contributed by atoms with Gasteiger partial charge in [-0.15, -0.1) is 12.6 Å². The minimum atomic E-state index is -1.00. The van der Waals surface area contributed by atoms with Crippen LogP contribution < -0.4 is 0 Å². The van der Waals surface area contributed by atoms with E-state index in [4.69, 9.17) is 0 Å². The smallest absolute Gasteiger partial charge is 0.102 e. The Kier molecular flexibility index (Phi) is 9.90. The molecule has 0 N–H and O–H groups in total. The highest BCUT2D eigenvalue weighted by Crippen LogP contribution is 2.05. The van der Waals surface area contributed by atoms with Crippen LogP contribution in [0.1, 0.15) is 40.2 Å². The molecule has 0 saturated carbocycles. The summed E-state index contributed by atoms with van der Waals surface area (Å²) < 4.78 is 11.7. The lowest BCUT2D eigenvalue weighted by Gasteiger charge is -1.99. The van der Waals surface area contributed by atoms with Gasteiger partial charge in [-0.2, -0.15) is 0 Å². The predicted molar refractivity (Wildman–Crippen MR) is 70.6 cm³/mol. The molecule has 1 aromatic carbocycles. The van der Waals surface area contributed by atoms with Gasteiger partial charge >= 0.3 is 0 Å². The van der Waals surface area contributed by atoms with Crippen LogP contribution >= 0.6 is 12.6 Å². The zero-order valence-corrected chi connectivity index (χ0v) is 11.5. The maximum atomic E-state index is 11.7. The predicted octanol–water partition coefficient (Wildman–Crippen LogP) is 5.06. The summed E-state index contributed by atoms with van der Waals surface area (Å²) >= 11 is 4.13. The monoisotopic (exact) mass is 230 g/mol. The lowest BCUT2D eigenvalue weighted by atomic mass is 10.2. The number of aryl methyl sites for hydroxylation is 1. The third-order valence-electron chi connectivity index (χ3n) is 1.03. The van der Waals surface area contributed by atoms with Gasteiger partial charge in [0.05, 0.1) is 0 Å². The van der Waals surface area contributed by atoms with Gasteiger partial charge in [0.15, 0.2) is 0 Å². The summed E-state index contributed by atoms with van der Waals surface area (Å²) in [6, 6.07) is 8.06. The van der Waals surface area contributed by atoms with Crippen LogP contribution in [0.5, 0.6) is 0 Å². The molecule has 0 radical (unpaired) electrons. The number of rotatable bonds is 0. The van der Waals surface area contributed by atoms with Crippen molar-refractivity contribution >= 4 is 12.6 Å². The number of hydrogen-bond acceptors (Lipinski definition) is 1. The SMILES string of the molecule is CC.CC(C)(C)F.Cc1ccc(S)cc1. The fraction of sp³-hybridized carbons (Fsp3) is 0.538. The van der Waals surface area contributed by atoms with Crippen molar-refractivity contribution in [2.75, 3.05) is 0 Å². The summed E-state index contributed by atoms with van der Waals surface area (Å²) in [5.74, 6) is 0. The summed E-state index contributed by atoms with van der Waals surface area (Å²) in [7, 11) is 0. The fourth-order valence-corrected chi connectivity index (χ4v) is 0.694. The summed E-state index contributed by atoms with van der Waals surface area (Å²) in [6.45, 7) is 10.6. The molecule has 0 atom stereocenters. The minimum absolute atomic E-state index is 1.00. The van der Waals surface area contributed by atoms with Crippen molar-refractivity contribution < 1.29 is 4.39 Å². The van der Waals surface area contributed by atoms with Crippen molar-refractivity contribution in [1.82, 2.24) is 0 Å². The second-order valence-corrected chi connectivity index (χ2v) is 4.42. The Morgan fingerprint density at radius 1 is 1.00 bits per heavy atom. The van der Waals surface area contributed by atoms with Gasteiger partial charge in [-0.25, -0.2) is 4.39 Å². The molecule has 0 nitrogen and oxygen atoms in total. The van der Waals surface area contributed by atoms with Crippen LogP contribution in [0, 0.1) is 6.92 Å². The maximum absolute atomic E-state index is 11.7.